The fourth-order valence-electron chi connectivity index (χ4n) is 2.64. The summed E-state index contributed by atoms with van der Waals surface area (Å²) in [6.45, 7) is -0.505. The Kier molecular flexibility index (Phi) is 21.5. The monoisotopic (exact) mass is 1260 g/mol. The molecule has 0 aliphatic carbocycles. The first-order valence-corrected chi connectivity index (χ1v) is 7.98. The van der Waals surface area contributed by atoms with Crippen molar-refractivity contribution >= 4 is 11.4 Å². The summed E-state index contributed by atoms with van der Waals surface area (Å²) in [6.07, 6.45) is -6.60. The van der Waals surface area contributed by atoms with Crippen molar-refractivity contribution in [2.75, 3.05) is 11.9 Å². The molecule has 1 fully saturated rings. The van der Waals surface area contributed by atoms with Gasteiger partial charge in [-0.05, 0) is 24.3 Å². The third kappa shape index (κ3) is 10.0. The molecule has 5 N–H and O–H groups in total. The molecule has 4 radical (unpaired) electrons. The van der Waals surface area contributed by atoms with Gasteiger partial charge >= 0.3 is 0 Å². The van der Waals surface area contributed by atoms with E-state index in [9.17, 15) is 20.4 Å². The second-order valence-electron chi connectivity index (χ2n) is 5.80. The van der Waals surface area contributed by atoms with Gasteiger partial charge in [-0.25, -0.2) is 0 Å². The molecule has 1 aliphatic heterocycles. The summed E-state index contributed by atoms with van der Waals surface area (Å²) in [5.41, 5.74) is 1.50. The molecule has 11 heteroatoms. The molecule has 5 atom stereocenters. The Morgan fingerprint density at radius 3 is 2.00 bits per heavy atom. The second-order valence-corrected chi connectivity index (χ2v) is 5.80. The van der Waals surface area contributed by atoms with Crippen LogP contribution in [0.1, 0.15) is 0 Å². The van der Waals surface area contributed by atoms with Gasteiger partial charge in [0, 0.05) is 182 Å². The Morgan fingerprint density at radius 2 is 1.38 bits per heavy atom. The normalized spacial score (nSPS) is 25.2. The molecular formula is C18H21Ac4NO6. The smallest absolute Gasteiger partial charge is 0.229 e. The standard InChI is InChI=1S/C18H21NO6.4Ac/c20-10-14-15(21)16(22)17(23)18(25-14)24-13-9-5-4-8-12(13)19-11-6-2-1-3-7-11;;;;/h1-9,14-23H,10H2;;;;/t14-,15-,16+,17-,18-;;;;/m1..../s1. The Hall–Kier alpha value is 3.61. The van der Waals surface area contributed by atoms with Crippen molar-refractivity contribution in [1.29, 1.82) is 0 Å². The Bertz CT molecular complexity index is 697. The number of anilines is 2. The number of para-hydroxylation sites is 3. The van der Waals surface area contributed by atoms with E-state index in [1.165, 1.54) is 0 Å². The molecule has 3 rings (SSSR count). The van der Waals surface area contributed by atoms with Gasteiger partial charge in [0.25, 0.3) is 0 Å². The molecule has 0 amide bonds. The molecule has 2 aromatic carbocycles. The van der Waals surface area contributed by atoms with Crippen LogP contribution in [-0.2, 0) is 4.74 Å². The van der Waals surface area contributed by atoms with E-state index >= 15 is 0 Å². The molecular weight excluding hydrogens is 1230 g/mol. The third-order valence-electron chi connectivity index (χ3n) is 4.03. The van der Waals surface area contributed by atoms with Crippen LogP contribution in [0.15, 0.2) is 54.6 Å². The number of hydrogen-bond donors (Lipinski definition) is 5. The summed E-state index contributed by atoms with van der Waals surface area (Å²) in [4.78, 5) is 0. The number of benzene rings is 2. The number of ether oxygens (including phenoxy) is 2. The first-order chi connectivity index (χ1) is 12.1. The second kappa shape index (κ2) is 18.0. The molecule has 0 saturated carbocycles. The van der Waals surface area contributed by atoms with Gasteiger partial charge in [-0.3, -0.25) is 0 Å². The van der Waals surface area contributed by atoms with E-state index in [0.717, 1.165) is 5.69 Å². The van der Waals surface area contributed by atoms with Crippen molar-refractivity contribution in [3.63, 3.8) is 0 Å². The molecule has 0 bridgehead atoms. The third-order valence-corrected chi connectivity index (χ3v) is 4.03. The maximum atomic E-state index is 10.1. The van der Waals surface area contributed by atoms with E-state index < -0.39 is 37.3 Å². The minimum atomic E-state index is -1.48. The van der Waals surface area contributed by atoms with Crippen molar-refractivity contribution in [3.05, 3.63) is 54.6 Å². The Labute approximate surface area is 313 Å². The molecule has 1 saturated heterocycles. The van der Waals surface area contributed by atoms with E-state index in [1.807, 2.05) is 36.4 Å². The number of nitrogens with one attached hydrogen (secondary N) is 1. The largest absolute Gasteiger partial charge is 0.460 e. The summed E-state index contributed by atoms with van der Waals surface area (Å²) < 4.78 is 11.1. The number of aliphatic hydroxyl groups excluding tert-OH is 4. The van der Waals surface area contributed by atoms with Crippen molar-refractivity contribution in [3.8, 4) is 5.75 Å². The van der Waals surface area contributed by atoms with Gasteiger partial charge in [0.1, 0.15) is 30.2 Å². The number of hydrogen-bond acceptors (Lipinski definition) is 7. The molecule has 1 heterocycles. The van der Waals surface area contributed by atoms with Crippen LogP contribution in [0.3, 0.4) is 0 Å². The summed E-state index contributed by atoms with van der Waals surface area (Å²) >= 11 is 0. The van der Waals surface area contributed by atoms with Gasteiger partial charge in [-0.1, -0.05) is 30.3 Å². The maximum absolute atomic E-state index is 10.1. The van der Waals surface area contributed by atoms with Gasteiger partial charge in [-0.2, -0.15) is 0 Å². The van der Waals surface area contributed by atoms with Crippen LogP contribution >= 0.6 is 0 Å². The zero-order valence-corrected chi connectivity index (χ0v) is 34.7. The van der Waals surface area contributed by atoms with E-state index in [-0.39, 0.29) is 176 Å². The van der Waals surface area contributed by atoms with Gasteiger partial charge in [0.05, 0.1) is 12.3 Å². The van der Waals surface area contributed by atoms with Crippen LogP contribution < -0.4 is 10.1 Å². The van der Waals surface area contributed by atoms with Gasteiger partial charge in [0.15, 0.2) is 0 Å². The zero-order chi connectivity index (χ0) is 17.8. The predicted molar refractivity (Wildman–Crippen MR) is 90.6 cm³/mol. The minimum absolute atomic E-state index is 0. The van der Waals surface area contributed by atoms with Crippen LogP contribution in [0, 0.1) is 176 Å². The van der Waals surface area contributed by atoms with Gasteiger partial charge in [0.2, 0.25) is 6.29 Å². The molecule has 7 nitrogen and oxygen atoms in total. The number of rotatable bonds is 5. The topological polar surface area (TPSA) is 111 Å². The van der Waals surface area contributed by atoms with Crippen molar-refractivity contribution in [2.24, 2.45) is 0 Å². The molecule has 146 valence electrons. The molecule has 0 spiro atoms. The fourth-order valence-corrected chi connectivity index (χ4v) is 2.64. The van der Waals surface area contributed by atoms with E-state index in [0.29, 0.717) is 11.4 Å². The van der Waals surface area contributed by atoms with E-state index in [1.54, 1.807) is 18.2 Å². The van der Waals surface area contributed by atoms with Crippen LogP contribution in [0.4, 0.5) is 11.4 Å². The summed E-state index contributed by atoms with van der Waals surface area (Å²) in [7, 11) is 0. The van der Waals surface area contributed by atoms with Crippen molar-refractivity contribution in [2.45, 2.75) is 30.7 Å². The van der Waals surface area contributed by atoms with Gasteiger partial charge in [-0.15, -0.1) is 0 Å². The van der Waals surface area contributed by atoms with Gasteiger partial charge < -0.3 is 35.2 Å². The SMILES string of the molecule is OC[C@H]1O[C@@H](Oc2ccccc2Nc2ccccc2)[C@H](O)[C@@H](O)[C@@H]1O.[Ac].[Ac].[Ac].[Ac]. The quantitative estimate of drug-likeness (QED) is 0.299. The molecule has 2 aromatic rings. The first-order valence-electron chi connectivity index (χ1n) is 7.98. The zero-order valence-electron chi connectivity index (χ0n) is 15.7. The molecule has 0 unspecified atom stereocenters. The van der Waals surface area contributed by atoms with Crippen LogP contribution in [0.25, 0.3) is 0 Å². The predicted octanol–water partition coefficient (Wildman–Crippen LogP) is 0.609. The minimum Gasteiger partial charge on any atom is -0.460 e. The number of aliphatic hydroxyl groups is 4. The summed E-state index contributed by atoms with van der Waals surface area (Å²) in [6, 6.07) is 16.5. The fraction of sp³-hybridized carbons (Fsp3) is 0.333. The van der Waals surface area contributed by atoms with Crippen LogP contribution in [0.5, 0.6) is 5.75 Å². The average Bonchev–Trinajstić information content (AvgIpc) is 2.64. The van der Waals surface area contributed by atoms with Crippen LogP contribution in [0.2, 0.25) is 0 Å². The Balaban J connectivity index is 0. The summed E-state index contributed by atoms with van der Waals surface area (Å²) in [5, 5.41) is 42.2. The Morgan fingerprint density at radius 1 is 0.793 bits per heavy atom. The van der Waals surface area contributed by atoms with Crippen LogP contribution in [-0.4, -0.2) is 57.7 Å². The summed E-state index contributed by atoms with van der Waals surface area (Å²) in [5.74, 6) is 0.399. The van der Waals surface area contributed by atoms with E-state index in [4.69, 9.17) is 9.47 Å². The maximum Gasteiger partial charge on any atom is 0.229 e. The molecule has 0 aromatic heterocycles. The molecule has 1 aliphatic rings. The average molecular weight is 1260 g/mol. The van der Waals surface area contributed by atoms with E-state index in [2.05, 4.69) is 5.32 Å². The first kappa shape index (κ1) is 34.8. The van der Waals surface area contributed by atoms with Crippen molar-refractivity contribution in [1.82, 2.24) is 0 Å². The molecule has 29 heavy (non-hydrogen) atoms. The van der Waals surface area contributed by atoms with Crippen molar-refractivity contribution < 1.29 is 206 Å².